The molecule has 4 aromatic rings. The number of hydrogen-bond acceptors (Lipinski definition) is 8. The number of ether oxygens (including phenoxy) is 2. The highest BCUT2D eigenvalue weighted by atomic mass is 32.1. The van der Waals surface area contributed by atoms with E-state index >= 15 is 0 Å². The molecule has 3 aliphatic rings. The smallest absolute Gasteiger partial charge is 0.337 e. The number of hydrogen-bond donors (Lipinski definition) is 2. The van der Waals surface area contributed by atoms with Crippen LogP contribution in [0.1, 0.15) is 116 Å². The predicted molar refractivity (Wildman–Crippen MR) is 211 cm³/mol. The molecule has 9 nitrogen and oxygen atoms in total. The maximum atomic E-state index is 13.9. The fourth-order valence-electron chi connectivity index (χ4n) is 7.97. The molecular formula is C44H49N3O6S. The van der Waals surface area contributed by atoms with Crippen LogP contribution in [0.2, 0.25) is 0 Å². The second kappa shape index (κ2) is 17.1. The molecule has 0 bridgehead atoms. The van der Waals surface area contributed by atoms with E-state index in [0.717, 1.165) is 80.2 Å². The summed E-state index contributed by atoms with van der Waals surface area (Å²) in [4.78, 5) is 55.6. The highest BCUT2D eigenvalue weighted by Crippen LogP contribution is 2.40. The van der Waals surface area contributed by atoms with Gasteiger partial charge in [0.15, 0.2) is 0 Å². The third kappa shape index (κ3) is 8.93. The molecule has 0 radical (unpaired) electrons. The number of rotatable bonds is 13. The summed E-state index contributed by atoms with van der Waals surface area (Å²) >= 11 is 1.52. The van der Waals surface area contributed by atoms with Crippen LogP contribution in [-0.4, -0.2) is 54.5 Å². The van der Waals surface area contributed by atoms with Gasteiger partial charge in [0.2, 0.25) is 0 Å². The van der Waals surface area contributed by atoms with Crippen LogP contribution in [0.15, 0.2) is 72.8 Å². The summed E-state index contributed by atoms with van der Waals surface area (Å²) < 4.78 is 10.1. The first-order chi connectivity index (χ1) is 26.3. The molecule has 1 aromatic heterocycles. The maximum Gasteiger partial charge on any atom is 0.337 e. The molecule has 0 spiro atoms. The van der Waals surface area contributed by atoms with Crippen molar-refractivity contribution in [3.05, 3.63) is 117 Å². The maximum absolute atomic E-state index is 13.9. The van der Waals surface area contributed by atoms with Crippen molar-refractivity contribution in [3.63, 3.8) is 0 Å². The van der Waals surface area contributed by atoms with Gasteiger partial charge < -0.3 is 20.1 Å². The monoisotopic (exact) mass is 747 g/mol. The van der Waals surface area contributed by atoms with Crippen LogP contribution in [0.4, 0.5) is 10.7 Å². The number of anilines is 2. The molecule has 2 N–H and O–H groups in total. The first-order valence-corrected chi connectivity index (χ1v) is 20.2. The minimum absolute atomic E-state index is 0.00110. The third-order valence-electron chi connectivity index (χ3n) is 11.0. The molecule has 10 heteroatoms. The zero-order valence-electron chi connectivity index (χ0n) is 31.2. The minimum Gasteiger partial charge on any atom is -0.466 e. The third-order valence-corrected chi connectivity index (χ3v) is 12.2. The van der Waals surface area contributed by atoms with Crippen molar-refractivity contribution in [2.45, 2.75) is 96.2 Å². The van der Waals surface area contributed by atoms with Crippen LogP contribution in [0.25, 0.3) is 0 Å². The van der Waals surface area contributed by atoms with Gasteiger partial charge in [-0.3, -0.25) is 19.3 Å². The Labute approximate surface area is 321 Å². The van der Waals surface area contributed by atoms with Crippen molar-refractivity contribution in [2.75, 3.05) is 24.4 Å². The highest BCUT2D eigenvalue weighted by molar-refractivity contribution is 7.17. The quantitative estimate of drug-likeness (QED) is 0.132. The molecule has 0 aliphatic heterocycles. The van der Waals surface area contributed by atoms with Crippen molar-refractivity contribution >= 4 is 45.8 Å². The summed E-state index contributed by atoms with van der Waals surface area (Å²) in [5, 5.41) is 6.83. The zero-order chi connectivity index (χ0) is 37.6. The molecule has 0 saturated heterocycles. The van der Waals surface area contributed by atoms with Crippen LogP contribution in [0.3, 0.4) is 0 Å². The Morgan fingerprint density at radius 1 is 0.759 bits per heavy atom. The van der Waals surface area contributed by atoms with Crippen LogP contribution < -0.4 is 10.6 Å². The fraction of sp³-hybridized carbons (Fsp3) is 0.409. The Kier molecular flexibility index (Phi) is 11.9. The molecule has 3 aromatic carbocycles. The number of nitrogens with zero attached hydrogens (tertiary/aromatic N) is 1. The Morgan fingerprint density at radius 2 is 1.43 bits per heavy atom. The van der Waals surface area contributed by atoms with Gasteiger partial charge >= 0.3 is 11.9 Å². The average Bonchev–Trinajstić information content (AvgIpc) is 3.98. The van der Waals surface area contributed by atoms with Crippen LogP contribution in [0.5, 0.6) is 0 Å². The van der Waals surface area contributed by atoms with Gasteiger partial charge in [0, 0.05) is 34.8 Å². The van der Waals surface area contributed by atoms with E-state index in [1.54, 1.807) is 12.1 Å². The van der Waals surface area contributed by atoms with Gasteiger partial charge in [-0.05, 0) is 136 Å². The number of benzene rings is 3. The predicted octanol–water partition coefficient (Wildman–Crippen LogP) is 8.60. The summed E-state index contributed by atoms with van der Waals surface area (Å²) in [6.07, 6.45) is 10.5. The number of aryl methyl sites for hydroxylation is 1. The first kappa shape index (κ1) is 37.5. The molecule has 1 heterocycles. The summed E-state index contributed by atoms with van der Waals surface area (Å²) in [6.45, 7) is 3.05. The number of thiophene rings is 1. The lowest BCUT2D eigenvalue weighted by molar-refractivity contribution is -0.149. The first-order valence-electron chi connectivity index (χ1n) is 19.3. The molecule has 2 fully saturated rings. The van der Waals surface area contributed by atoms with Gasteiger partial charge in [0.1, 0.15) is 5.00 Å². The highest BCUT2D eigenvalue weighted by Gasteiger charge is 2.37. The SMILES string of the molecule is CCOC(=O)C1CCC(N(Cc2cccc(C(=O)Nc3sc4c(c3C(=O)Nc3ccc(Cc5ccc(C(=O)OC)cc5)cc3)CCCC4)c2)C2CC2)CC1. The van der Waals surface area contributed by atoms with E-state index in [0.29, 0.717) is 52.5 Å². The van der Waals surface area contributed by atoms with Crippen LogP contribution >= 0.6 is 11.3 Å². The molecule has 282 valence electrons. The Morgan fingerprint density at radius 3 is 2.09 bits per heavy atom. The lowest BCUT2D eigenvalue weighted by Crippen LogP contribution is -2.40. The summed E-state index contributed by atoms with van der Waals surface area (Å²) in [6, 6.07) is 23.9. The summed E-state index contributed by atoms with van der Waals surface area (Å²) in [5.41, 5.74) is 6.59. The average molecular weight is 748 g/mol. The van der Waals surface area contributed by atoms with Crippen molar-refractivity contribution in [1.29, 1.82) is 0 Å². The summed E-state index contributed by atoms with van der Waals surface area (Å²) in [5.74, 6) is -0.863. The Bertz CT molecular complexity index is 1980. The van der Waals surface area contributed by atoms with Crippen molar-refractivity contribution < 1.29 is 28.7 Å². The Balaban J connectivity index is 1.01. The number of amides is 2. The number of carbonyl (C=O) groups excluding carboxylic acids is 4. The minimum atomic E-state index is -0.361. The molecule has 0 atom stereocenters. The van der Waals surface area contributed by atoms with Gasteiger partial charge in [-0.25, -0.2) is 4.79 Å². The van der Waals surface area contributed by atoms with E-state index in [1.807, 2.05) is 61.5 Å². The molecule has 3 aliphatic carbocycles. The van der Waals surface area contributed by atoms with Crippen LogP contribution in [0, 0.1) is 5.92 Å². The Hall–Kier alpha value is -4.80. The van der Waals surface area contributed by atoms with Gasteiger partial charge in [0.25, 0.3) is 11.8 Å². The molecular weight excluding hydrogens is 699 g/mol. The molecule has 0 unspecified atom stereocenters. The molecule has 2 saturated carbocycles. The standard InChI is InChI=1S/C44H49N3O6S/c1-3-53-44(51)32-17-21-35(22-18-32)47(36-23-24-36)27-30-7-6-8-33(26-30)40(48)46-42-39(37-9-4-5-10-38(37)54-42)41(49)45-34-19-13-29(14-20-34)25-28-11-15-31(16-12-28)43(50)52-2/h6-8,11-16,19-20,26,32,35-36H,3-5,9-10,17-18,21-25,27H2,1-2H3,(H,45,49)(H,46,48). The van der Waals surface area contributed by atoms with E-state index in [2.05, 4.69) is 21.6 Å². The number of nitrogens with one attached hydrogen (secondary N) is 2. The van der Waals surface area contributed by atoms with E-state index in [4.69, 9.17) is 9.47 Å². The van der Waals surface area contributed by atoms with E-state index in [9.17, 15) is 19.2 Å². The van der Waals surface area contributed by atoms with Gasteiger partial charge in [0.05, 0.1) is 30.8 Å². The van der Waals surface area contributed by atoms with Gasteiger partial charge in [-0.1, -0.05) is 36.4 Å². The van der Waals surface area contributed by atoms with Crippen molar-refractivity contribution in [1.82, 2.24) is 4.90 Å². The molecule has 54 heavy (non-hydrogen) atoms. The van der Waals surface area contributed by atoms with E-state index in [-0.39, 0.29) is 29.7 Å². The second-order valence-electron chi connectivity index (χ2n) is 14.7. The van der Waals surface area contributed by atoms with E-state index < -0.39 is 0 Å². The molecule has 7 rings (SSSR count). The number of carbonyl (C=O) groups is 4. The lowest BCUT2D eigenvalue weighted by atomic mass is 9.85. The topological polar surface area (TPSA) is 114 Å². The normalized spacial score (nSPS) is 18.1. The zero-order valence-corrected chi connectivity index (χ0v) is 32.0. The van der Waals surface area contributed by atoms with Crippen molar-refractivity contribution in [2.24, 2.45) is 5.92 Å². The molecule has 2 amide bonds. The largest absolute Gasteiger partial charge is 0.466 e. The second-order valence-corrected chi connectivity index (χ2v) is 15.9. The fourth-order valence-corrected chi connectivity index (χ4v) is 9.25. The number of esters is 2. The summed E-state index contributed by atoms with van der Waals surface area (Å²) in [7, 11) is 1.37. The van der Waals surface area contributed by atoms with Crippen molar-refractivity contribution in [3.8, 4) is 0 Å². The van der Waals surface area contributed by atoms with Crippen LogP contribution in [-0.2, 0) is 40.1 Å². The van der Waals surface area contributed by atoms with Gasteiger partial charge in [-0.2, -0.15) is 0 Å². The number of fused-ring (bicyclic) bond motifs is 1. The van der Waals surface area contributed by atoms with Gasteiger partial charge in [-0.15, -0.1) is 11.3 Å². The number of methoxy groups -OCH3 is 1. The lowest BCUT2D eigenvalue weighted by Gasteiger charge is -2.36. The van der Waals surface area contributed by atoms with E-state index in [1.165, 1.54) is 36.2 Å².